The number of hydrogen-bond acceptors (Lipinski definition) is 4. The largest absolute Gasteiger partial charge is 0.349 e. The van der Waals surface area contributed by atoms with Crippen LogP contribution in [0.25, 0.3) is 0 Å². The van der Waals surface area contributed by atoms with Crippen LogP contribution in [0.15, 0.2) is 60.0 Å². The molecule has 1 aromatic heterocycles. The smallest absolute Gasteiger partial charge is 0.265 e. The Morgan fingerprint density at radius 1 is 0.818 bits per heavy atom. The average Bonchev–Trinajstić information content (AvgIpc) is 3.36. The molecule has 33 heavy (non-hydrogen) atoms. The minimum Gasteiger partial charge on any atom is -0.349 e. The number of rotatable bonds is 6. The van der Waals surface area contributed by atoms with Crippen molar-refractivity contribution in [3.63, 3.8) is 0 Å². The first-order chi connectivity index (χ1) is 16.0. The summed E-state index contributed by atoms with van der Waals surface area (Å²) in [7, 11) is 0. The third kappa shape index (κ3) is 6.00. The number of amides is 3. The molecule has 0 bridgehead atoms. The van der Waals surface area contributed by atoms with Crippen molar-refractivity contribution in [3.8, 4) is 0 Å². The maximum absolute atomic E-state index is 12.8. The van der Waals surface area contributed by atoms with Crippen molar-refractivity contribution in [2.75, 3.05) is 10.6 Å². The summed E-state index contributed by atoms with van der Waals surface area (Å²) in [6.07, 6.45) is 5.37. The Labute approximate surface area is 201 Å². The number of thiophene rings is 1. The zero-order chi connectivity index (χ0) is 23.2. The van der Waals surface area contributed by atoms with Crippen molar-refractivity contribution in [1.82, 2.24) is 5.32 Å². The molecule has 1 saturated carbocycles. The Bertz CT molecular complexity index is 1160. The van der Waals surface area contributed by atoms with E-state index in [4.69, 9.17) is 11.6 Å². The van der Waals surface area contributed by atoms with Gasteiger partial charge in [-0.3, -0.25) is 14.4 Å². The molecular formula is C25H24ClN3O3S. The molecule has 0 radical (unpaired) electrons. The molecule has 1 heterocycles. The van der Waals surface area contributed by atoms with Crippen LogP contribution >= 0.6 is 22.9 Å². The number of nitrogens with one attached hydrogen (secondary N) is 3. The molecule has 6 nitrogen and oxygen atoms in total. The molecule has 170 valence electrons. The van der Waals surface area contributed by atoms with Gasteiger partial charge in [0.05, 0.1) is 15.5 Å². The van der Waals surface area contributed by atoms with Gasteiger partial charge in [-0.05, 0) is 60.7 Å². The van der Waals surface area contributed by atoms with Crippen molar-refractivity contribution >= 4 is 52.0 Å². The molecule has 3 aromatic rings. The molecule has 1 aliphatic rings. The quantitative estimate of drug-likeness (QED) is 0.405. The summed E-state index contributed by atoms with van der Waals surface area (Å²) in [5, 5.41) is 10.8. The molecule has 0 saturated heterocycles. The van der Waals surface area contributed by atoms with E-state index < -0.39 is 0 Å². The van der Waals surface area contributed by atoms with Crippen molar-refractivity contribution in [3.05, 3.63) is 81.0 Å². The summed E-state index contributed by atoms with van der Waals surface area (Å²) in [5.41, 5.74) is 1.69. The Kier molecular flexibility index (Phi) is 7.42. The number of hydrogen-bond donors (Lipinski definition) is 3. The van der Waals surface area contributed by atoms with Crippen LogP contribution in [0, 0.1) is 0 Å². The van der Waals surface area contributed by atoms with Gasteiger partial charge < -0.3 is 16.0 Å². The predicted molar refractivity (Wildman–Crippen MR) is 132 cm³/mol. The summed E-state index contributed by atoms with van der Waals surface area (Å²) < 4.78 is 0. The molecule has 0 atom stereocenters. The van der Waals surface area contributed by atoms with Gasteiger partial charge >= 0.3 is 0 Å². The number of anilines is 2. The lowest BCUT2D eigenvalue weighted by molar-refractivity contribution is 0.0926. The second-order valence-electron chi connectivity index (χ2n) is 7.97. The van der Waals surface area contributed by atoms with Gasteiger partial charge in [-0.15, -0.1) is 11.3 Å². The van der Waals surface area contributed by atoms with Crippen molar-refractivity contribution in [1.29, 1.82) is 0 Å². The highest BCUT2D eigenvalue weighted by molar-refractivity contribution is 7.12. The van der Waals surface area contributed by atoms with Crippen LogP contribution < -0.4 is 16.0 Å². The van der Waals surface area contributed by atoms with E-state index in [1.54, 1.807) is 54.6 Å². The van der Waals surface area contributed by atoms with Crippen LogP contribution in [0.5, 0.6) is 0 Å². The second kappa shape index (κ2) is 10.6. The van der Waals surface area contributed by atoms with E-state index in [0.29, 0.717) is 32.4 Å². The molecule has 3 amide bonds. The summed E-state index contributed by atoms with van der Waals surface area (Å²) in [4.78, 5) is 38.4. The van der Waals surface area contributed by atoms with E-state index in [2.05, 4.69) is 16.0 Å². The molecule has 1 aliphatic carbocycles. The van der Waals surface area contributed by atoms with E-state index in [1.165, 1.54) is 17.8 Å². The zero-order valence-electron chi connectivity index (χ0n) is 17.9. The number of carbonyl (C=O) groups is 3. The zero-order valence-corrected chi connectivity index (χ0v) is 19.5. The van der Waals surface area contributed by atoms with Crippen molar-refractivity contribution in [2.24, 2.45) is 0 Å². The van der Waals surface area contributed by atoms with E-state index in [0.717, 1.165) is 25.7 Å². The highest BCUT2D eigenvalue weighted by atomic mass is 35.5. The summed E-state index contributed by atoms with van der Waals surface area (Å²) in [5.74, 6) is -0.821. The lowest BCUT2D eigenvalue weighted by atomic mass is 9.95. The average molecular weight is 482 g/mol. The van der Waals surface area contributed by atoms with Gasteiger partial charge in [-0.2, -0.15) is 0 Å². The molecule has 4 rings (SSSR count). The first-order valence-electron chi connectivity index (χ1n) is 10.9. The summed E-state index contributed by atoms with van der Waals surface area (Å²) in [6.45, 7) is 0. The Morgan fingerprint density at radius 3 is 2.33 bits per heavy atom. The molecule has 0 spiro atoms. The first-order valence-corrected chi connectivity index (χ1v) is 12.1. The maximum atomic E-state index is 12.8. The maximum Gasteiger partial charge on any atom is 0.265 e. The van der Waals surface area contributed by atoms with Gasteiger partial charge in [-0.25, -0.2) is 0 Å². The van der Waals surface area contributed by atoms with Crippen molar-refractivity contribution < 1.29 is 14.4 Å². The highest BCUT2D eigenvalue weighted by Gasteiger charge is 2.19. The van der Waals surface area contributed by atoms with Crippen LogP contribution in [0.1, 0.15) is 62.5 Å². The van der Waals surface area contributed by atoms with Crippen LogP contribution in [-0.4, -0.2) is 23.8 Å². The Morgan fingerprint density at radius 2 is 1.58 bits per heavy atom. The third-order valence-corrected chi connectivity index (χ3v) is 6.74. The number of carbonyl (C=O) groups excluding carboxylic acids is 3. The SMILES string of the molecule is O=C(Nc1ccc(Cl)c(C(=O)NC2CCCCC2)c1)c1cccc(NC(=O)c2cccs2)c1. The molecule has 1 fully saturated rings. The molecular weight excluding hydrogens is 458 g/mol. The second-order valence-corrected chi connectivity index (χ2v) is 9.32. The number of halogens is 1. The van der Waals surface area contributed by atoms with Gasteiger partial charge in [-0.1, -0.05) is 43.0 Å². The lowest BCUT2D eigenvalue weighted by Crippen LogP contribution is -2.36. The Balaban J connectivity index is 1.43. The predicted octanol–water partition coefficient (Wildman–Crippen LogP) is 5.97. The van der Waals surface area contributed by atoms with E-state index >= 15 is 0 Å². The summed E-state index contributed by atoms with van der Waals surface area (Å²) >= 11 is 7.60. The van der Waals surface area contributed by atoms with Gasteiger partial charge in [0.15, 0.2) is 0 Å². The van der Waals surface area contributed by atoms with Crippen molar-refractivity contribution in [2.45, 2.75) is 38.1 Å². The van der Waals surface area contributed by atoms with E-state index in [9.17, 15) is 14.4 Å². The van der Waals surface area contributed by atoms with Gasteiger partial charge in [0.25, 0.3) is 17.7 Å². The molecule has 0 unspecified atom stereocenters. The van der Waals surface area contributed by atoms with Gasteiger partial charge in [0.2, 0.25) is 0 Å². The number of benzene rings is 2. The van der Waals surface area contributed by atoms with Crippen LogP contribution in [-0.2, 0) is 0 Å². The Hall–Kier alpha value is -3.16. The fourth-order valence-electron chi connectivity index (χ4n) is 3.83. The topological polar surface area (TPSA) is 87.3 Å². The van der Waals surface area contributed by atoms with Crippen LogP contribution in [0.3, 0.4) is 0 Å². The van der Waals surface area contributed by atoms with Crippen LogP contribution in [0.4, 0.5) is 11.4 Å². The highest BCUT2D eigenvalue weighted by Crippen LogP contribution is 2.24. The van der Waals surface area contributed by atoms with E-state index in [1.807, 2.05) is 5.38 Å². The summed E-state index contributed by atoms with van der Waals surface area (Å²) in [6, 6.07) is 15.2. The standard InChI is InChI=1S/C25H24ClN3O3S/c26-21-12-11-19(15-20(21)24(31)27-17-7-2-1-3-8-17)28-23(30)16-6-4-9-18(14-16)29-25(32)22-10-5-13-33-22/h4-6,9-15,17H,1-3,7-8H2,(H,27,31)(H,28,30)(H,29,32). The normalized spacial score (nSPS) is 13.8. The third-order valence-electron chi connectivity index (χ3n) is 5.54. The minimum atomic E-state index is -0.358. The van der Waals surface area contributed by atoms with E-state index in [-0.39, 0.29) is 23.8 Å². The molecule has 3 N–H and O–H groups in total. The molecule has 2 aromatic carbocycles. The monoisotopic (exact) mass is 481 g/mol. The fourth-order valence-corrected chi connectivity index (χ4v) is 4.65. The first kappa shape index (κ1) is 23.0. The molecule has 0 aliphatic heterocycles. The minimum absolute atomic E-state index is 0.160. The van der Waals surface area contributed by atoms with Gasteiger partial charge in [0.1, 0.15) is 0 Å². The van der Waals surface area contributed by atoms with Crippen LogP contribution in [0.2, 0.25) is 5.02 Å². The molecule has 8 heteroatoms. The van der Waals surface area contributed by atoms with Gasteiger partial charge in [0, 0.05) is 23.0 Å². The fraction of sp³-hybridized carbons (Fsp3) is 0.240. The lowest BCUT2D eigenvalue weighted by Gasteiger charge is -2.23.